The van der Waals surface area contributed by atoms with Gasteiger partial charge in [-0.3, -0.25) is 9.89 Å². The molecular weight excluding hydrogens is 316 g/mol. The van der Waals surface area contributed by atoms with Gasteiger partial charge in [0.2, 0.25) is 0 Å². The molecule has 0 aliphatic rings. The number of carbonyl (C=O) groups is 1. The number of halogens is 3. The van der Waals surface area contributed by atoms with Crippen LogP contribution in [0.15, 0.2) is 4.90 Å². The molecule has 0 aliphatic carbocycles. The molecule has 0 saturated carbocycles. The number of H-pyrrole nitrogens is 1. The third-order valence-corrected chi connectivity index (χ3v) is 3.89. The summed E-state index contributed by atoms with van der Waals surface area (Å²) in [5.74, 6) is -0.928. The maximum atomic E-state index is 12.3. The largest absolute Gasteiger partial charge is 0.335 e. The Hall–Kier alpha value is -1.22. The first-order valence-electron chi connectivity index (χ1n) is 5.74. The first-order valence-corrected chi connectivity index (χ1v) is 8.04. The minimum absolute atomic E-state index is 0.191. The molecule has 20 heavy (non-hydrogen) atoms. The predicted octanol–water partition coefficient (Wildman–Crippen LogP) is 1.63. The highest BCUT2D eigenvalue weighted by molar-refractivity contribution is 8.13. The molecule has 1 aromatic rings. The van der Waals surface area contributed by atoms with E-state index in [2.05, 4.69) is 10.2 Å². The van der Waals surface area contributed by atoms with Crippen LogP contribution in [0.1, 0.15) is 29.5 Å². The number of nitrogens with zero attached hydrogens (tertiary/aromatic N) is 2. The van der Waals surface area contributed by atoms with Crippen LogP contribution in [0.4, 0.5) is 8.78 Å². The van der Waals surface area contributed by atoms with Crippen LogP contribution in [-0.4, -0.2) is 49.4 Å². The standard InChI is InChI=1S/C10H14ClF2N3O3S/c1-3-4-6-9(20(11,18)19)8(15-14-6)10(17)16(2)5-7(12)13/h7H,3-5H2,1-2H3,(H,14,15). The van der Waals surface area contributed by atoms with Crippen molar-refractivity contribution in [2.75, 3.05) is 13.6 Å². The van der Waals surface area contributed by atoms with E-state index in [1.165, 1.54) is 0 Å². The van der Waals surface area contributed by atoms with Gasteiger partial charge in [0, 0.05) is 17.7 Å². The maximum Gasteiger partial charge on any atom is 0.275 e. The second kappa shape index (κ2) is 6.49. The highest BCUT2D eigenvalue weighted by Gasteiger charge is 2.30. The molecule has 6 nitrogen and oxygen atoms in total. The molecule has 1 heterocycles. The molecule has 0 unspecified atom stereocenters. The molecule has 0 aliphatic heterocycles. The van der Waals surface area contributed by atoms with Gasteiger partial charge in [-0.2, -0.15) is 5.10 Å². The number of alkyl halides is 2. The van der Waals surface area contributed by atoms with E-state index in [1.807, 2.05) is 0 Å². The van der Waals surface area contributed by atoms with Crippen molar-refractivity contribution in [2.24, 2.45) is 0 Å². The zero-order valence-corrected chi connectivity index (χ0v) is 12.4. The molecule has 0 spiro atoms. The second-order valence-electron chi connectivity index (χ2n) is 4.14. The van der Waals surface area contributed by atoms with E-state index in [-0.39, 0.29) is 5.69 Å². The summed E-state index contributed by atoms with van der Waals surface area (Å²) >= 11 is 0. The predicted molar refractivity (Wildman–Crippen MR) is 68.6 cm³/mol. The molecule has 0 aromatic carbocycles. The number of carbonyl (C=O) groups excluding carboxylic acids is 1. The van der Waals surface area contributed by atoms with Crippen LogP contribution in [0.25, 0.3) is 0 Å². The molecule has 0 bridgehead atoms. The van der Waals surface area contributed by atoms with Crippen LogP contribution in [-0.2, 0) is 15.5 Å². The number of aryl methyl sites for hydroxylation is 1. The quantitative estimate of drug-likeness (QED) is 0.804. The summed E-state index contributed by atoms with van der Waals surface area (Å²) in [6.07, 6.45) is -1.81. The van der Waals surface area contributed by atoms with Crippen LogP contribution in [0.3, 0.4) is 0 Å². The Morgan fingerprint density at radius 2 is 2.10 bits per heavy atom. The summed E-state index contributed by atoms with van der Waals surface area (Å²) in [5.41, 5.74) is -0.275. The van der Waals surface area contributed by atoms with Gasteiger partial charge in [0.25, 0.3) is 21.4 Å². The lowest BCUT2D eigenvalue weighted by Crippen LogP contribution is -2.32. The number of amides is 1. The Kier molecular flexibility index (Phi) is 5.46. The van der Waals surface area contributed by atoms with Crippen molar-refractivity contribution in [2.45, 2.75) is 31.1 Å². The molecule has 0 saturated heterocycles. The molecule has 114 valence electrons. The monoisotopic (exact) mass is 329 g/mol. The Labute approximate surface area is 119 Å². The molecule has 0 radical (unpaired) electrons. The average Bonchev–Trinajstić information content (AvgIpc) is 2.71. The van der Waals surface area contributed by atoms with Crippen LogP contribution in [0.2, 0.25) is 0 Å². The highest BCUT2D eigenvalue weighted by Crippen LogP contribution is 2.24. The Morgan fingerprint density at radius 3 is 2.55 bits per heavy atom. The minimum Gasteiger partial charge on any atom is -0.335 e. The fraction of sp³-hybridized carbons (Fsp3) is 0.600. The summed E-state index contributed by atoms with van der Waals surface area (Å²) in [6.45, 7) is 0.979. The summed E-state index contributed by atoms with van der Waals surface area (Å²) < 4.78 is 47.6. The van der Waals surface area contributed by atoms with Crippen LogP contribution >= 0.6 is 10.7 Å². The van der Waals surface area contributed by atoms with E-state index in [0.29, 0.717) is 17.7 Å². The van der Waals surface area contributed by atoms with Gasteiger partial charge in [-0.25, -0.2) is 17.2 Å². The third-order valence-electron chi connectivity index (χ3n) is 2.50. The van der Waals surface area contributed by atoms with E-state index in [0.717, 1.165) is 7.05 Å². The molecule has 0 atom stereocenters. The van der Waals surface area contributed by atoms with Gasteiger partial charge in [0.15, 0.2) is 5.69 Å². The number of hydrogen-bond acceptors (Lipinski definition) is 4. The van der Waals surface area contributed by atoms with E-state index >= 15 is 0 Å². The van der Waals surface area contributed by atoms with Gasteiger partial charge >= 0.3 is 0 Å². The van der Waals surface area contributed by atoms with Crippen molar-refractivity contribution in [3.05, 3.63) is 11.4 Å². The average molecular weight is 330 g/mol. The fourth-order valence-electron chi connectivity index (χ4n) is 1.67. The SMILES string of the molecule is CCCc1[nH]nc(C(=O)N(C)CC(F)F)c1S(=O)(=O)Cl. The molecule has 1 rings (SSSR count). The van der Waals surface area contributed by atoms with Gasteiger partial charge in [0.05, 0.1) is 12.2 Å². The first kappa shape index (κ1) is 16.8. The summed E-state index contributed by atoms with van der Waals surface area (Å²) in [5, 5.41) is 6.03. The van der Waals surface area contributed by atoms with Crippen molar-refractivity contribution in [1.82, 2.24) is 15.1 Å². The van der Waals surface area contributed by atoms with Crippen molar-refractivity contribution in [3.63, 3.8) is 0 Å². The van der Waals surface area contributed by atoms with Crippen molar-refractivity contribution >= 4 is 25.6 Å². The van der Waals surface area contributed by atoms with E-state index < -0.39 is 38.5 Å². The van der Waals surface area contributed by atoms with E-state index in [4.69, 9.17) is 10.7 Å². The lowest BCUT2D eigenvalue weighted by Gasteiger charge is -2.15. The molecule has 1 N–H and O–H groups in total. The first-order chi connectivity index (χ1) is 9.18. The minimum atomic E-state index is -4.21. The summed E-state index contributed by atoms with van der Waals surface area (Å²) in [6, 6.07) is 0. The van der Waals surface area contributed by atoms with Crippen molar-refractivity contribution in [3.8, 4) is 0 Å². The Balaban J connectivity index is 3.22. The molecule has 0 fully saturated rings. The van der Waals surface area contributed by atoms with Gasteiger partial charge in [-0.15, -0.1) is 0 Å². The lowest BCUT2D eigenvalue weighted by molar-refractivity contribution is 0.0612. The van der Waals surface area contributed by atoms with E-state index in [1.54, 1.807) is 6.92 Å². The summed E-state index contributed by atoms with van der Waals surface area (Å²) in [4.78, 5) is 12.2. The zero-order valence-electron chi connectivity index (χ0n) is 10.9. The van der Waals surface area contributed by atoms with Crippen LogP contribution in [0.5, 0.6) is 0 Å². The smallest absolute Gasteiger partial charge is 0.275 e. The van der Waals surface area contributed by atoms with Crippen LogP contribution in [0, 0.1) is 0 Å². The van der Waals surface area contributed by atoms with Crippen molar-refractivity contribution < 1.29 is 22.0 Å². The van der Waals surface area contributed by atoms with Gasteiger partial charge in [-0.05, 0) is 6.42 Å². The molecule has 1 amide bonds. The number of nitrogens with one attached hydrogen (secondary N) is 1. The number of aromatic nitrogens is 2. The normalized spacial score (nSPS) is 11.9. The Bertz CT molecular complexity index is 589. The second-order valence-corrected chi connectivity index (χ2v) is 6.65. The third kappa shape index (κ3) is 3.89. The topological polar surface area (TPSA) is 83.1 Å². The summed E-state index contributed by atoms with van der Waals surface area (Å²) in [7, 11) is 2.22. The van der Waals surface area contributed by atoms with Crippen LogP contribution < -0.4 is 0 Å². The molecular formula is C10H14ClF2N3O3S. The highest BCUT2D eigenvalue weighted by atomic mass is 35.7. The zero-order chi connectivity index (χ0) is 15.5. The van der Waals surface area contributed by atoms with Crippen molar-refractivity contribution in [1.29, 1.82) is 0 Å². The number of aromatic amines is 1. The van der Waals surface area contributed by atoms with Gasteiger partial charge < -0.3 is 4.90 Å². The Morgan fingerprint density at radius 1 is 1.50 bits per heavy atom. The number of rotatable bonds is 6. The number of hydrogen-bond donors (Lipinski definition) is 1. The fourth-order valence-corrected chi connectivity index (χ4v) is 2.97. The molecule has 1 aromatic heterocycles. The van der Waals surface area contributed by atoms with E-state index in [9.17, 15) is 22.0 Å². The molecule has 10 heteroatoms. The maximum absolute atomic E-state index is 12.3. The van der Waals surface area contributed by atoms with Gasteiger partial charge in [0.1, 0.15) is 4.90 Å². The van der Waals surface area contributed by atoms with Gasteiger partial charge in [-0.1, -0.05) is 13.3 Å². The lowest BCUT2D eigenvalue weighted by atomic mass is 10.2.